The Morgan fingerprint density at radius 2 is 1.77 bits per heavy atom. The van der Waals surface area contributed by atoms with Crippen molar-refractivity contribution in [1.29, 1.82) is 0 Å². The Morgan fingerprint density at radius 3 is 2.35 bits per heavy atom. The molecule has 1 aromatic carbocycles. The second-order valence-corrected chi connectivity index (χ2v) is 9.44. The molecule has 1 aromatic rings. The highest BCUT2D eigenvalue weighted by Crippen LogP contribution is 2.24. The highest BCUT2D eigenvalue weighted by atomic mass is 32.2. The van der Waals surface area contributed by atoms with E-state index < -0.39 is 10.0 Å². The summed E-state index contributed by atoms with van der Waals surface area (Å²) in [5.74, 6) is 0.483. The molecule has 2 atom stereocenters. The maximum atomic E-state index is 12.7. The summed E-state index contributed by atoms with van der Waals surface area (Å²) < 4.78 is 26.9. The van der Waals surface area contributed by atoms with Crippen molar-refractivity contribution in [3.05, 3.63) is 29.8 Å². The fourth-order valence-corrected chi connectivity index (χ4v) is 5.31. The van der Waals surface area contributed by atoms with Crippen LogP contribution in [0.15, 0.2) is 29.2 Å². The molecule has 2 aliphatic heterocycles. The molecule has 0 aliphatic carbocycles. The Balaban J connectivity index is 1.63. The van der Waals surface area contributed by atoms with E-state index in [0.29, 0.717) is 37.0 Å². The minimum atomic E-state index is -3.43. The van der Waals surface area contributed by atoms with E-state index in [0.717, 1.165) is 24.8 Å². The van der Waals surface area contributed by atoms with Crippen LogP contribution in [0.3, 0.4) is 0 Å². The van der Waals surface area contributed by atoms with E-state index in [1.54, 1.807) is 33.5 Å². The Hall–Kier alpha value is -1.44. The van der Waals surface area contributed by atoms with Crippen LogP contribution < -0.4 is 0 Å². The fraction of sp³-hybridized carbons (Fsp3) is 0.632. The minimum absolute atomic E-state index is 0.0273. The van der Waals surface area contributed by atoms with Crippen molar-refractivity contribution in [2.24, 2.45) is 11.8 Å². The van der Waals surface area contributed by atoms with E-state index in [1.165, 1.54) is 0 Å². The molecular formula is C19H28N2O4S. The maximum absolute atomic E-state index is 12.7. The lowest BCUT2D eigenvalue weighted by atomic mass is 10.00. The normalized spacial score (nSPS) is 24.8. The van der Waals surface area contributed by atoms with Crippen molar-refractivity contribution in [2.45, 2.75) is 37.5 Å². The lowest BCUT2D eigenvalue weighted by molar-refractivity contribution is -0.129. The Bertz CT molecular complexity index is 726. The van der Waals surface area contributed by atoms with Crippen molar-refractivity contribution in [3.8, 4) is 0 Å². The van der Waals surface area contributed by atoms with E-state index in [2.05, 4.69) is 6.92 Å². The third-order valence-corrected chi connectivity index (χ3v) is 7.50. The number of aliphatic hydroxyl groups excluding tert-OH is 1. The van der Waals surface area contributed by atoms with Crippen molar-refractivity contribution in [2.75, 3.05) is 32.8 Å². The van der Waals surface area contributed by atoms with Crippen LogP contribution in [-0.2, 0) is 21.2 Å². The molecule has 2 fully saturated rings. The predicted molar refractivity (Wildman–Crippen MR) is 99.1 cm³/mol. The number of nitrogens with zero attached hydrogens (tertiary/aromatic N) is 2. The number of piperidine rings is 1. The zero-order valence-electron chi connectivity index (χ0n) is 15.3. The monoisotopic (exact) mass is 380 g/mol. The van der Waals surface area contributed by atoms with Gasteiger partial charge in [-0.2, -0.15) is 4.31 Å². The van der Waals surface area contributed by atoms with E-state index in [-0.39, 0.29) is 24.9 Å². The molecule has 3 rings (SSSR count). The van der Waals surface area contributed by atoms with Gasteiger partial charge in [-0.05, 0) is 36.5 Å². The molecule has 6 nitrogen and oxygen atoms in total. The molecule has 0 bridgehead atoms. The number of aliphatic hydroxyl groups is 1. The average molecular weight is 381 g/mol. The SMILES string of the molecule is C[C@@H]1CN(C(=O)Cc2ccc(S(=O)(=O)N3CCCCC3)cc2)C[C@H]1CO. The maximum Gasteiger partial charge on any atom is 0.243 e. The molecule has 26 heavy (non-hydrogen) atoms. The largest absolute Gasteiger partial charge is 0.396 e. The summed E-state index contributed by atoms with van der Waals surface area (Å²) in [6, 6.07) is 6.68. The van der Waals surface area contributed by atoms with Crippen molar-refractivity contribution in [1.82, 2.24) is 9.21 Å². The van der Waals surface area contributed by atoms with Gasteiger partial charge >= 0.3 is 0 Å². The van der Waals surface area contributed by atoms with Gasteiger partial charge in [0.25, 0.3) is 0 Å². The van der Waals surface area contributed by atoms with Gasteiger partial charge in [0.1, 0.15) is 0 Å². The zero-order valence-corrected chi connectivity index (χ0v) is 16.1. The summed E-state index contributed by atoms with van der Waals surface area (Å²) in [5, 5.41) is 9.34. The molecule has 7 heteroatoms. The van der Waals surface area contributed by atoms with Crippen LogP contribution in [0.4, 0.5) is 0 Å². The quantitative estimate of drug-likeness (QED) is 0.840. The third kappa shape index (κ3) is 4.10. The van der Waals surface area contributed by atoms with Crippen LogP contribution in [0.1, 0.15) is 31.7 Å². The van der Waals surface area contributed by atoms with Gasteiger partial charge in [-0.1, -0.05) is 25.5 Å². The lowest BCUT2D eigenvalue weighted by Crippen LogP contribution is -2.35. The first-order valence-corrected chi connectivity index (χ1v) is 10.8. The van der Waals surface area contributed by atoms with Crippen LogP contribution >= 0.6 is 0 Å². The van der Waals surface area contributed by atoms with Crippen LogP contribution in [0, 0.1) is 11.8 Å². The highest BCUT2D eigenvalue weighted by molar-refractivity contribution is 7.89. The summed E-state index contributed by atoms with van der Waals surface area (Å²) in [7, 11) is -3.43. The number of carbonyl (C=O) groups is 1. The molecule has 1 N–H and O–H groups in total. The number of hydrogen-bond donors (Lipinski definition) is 1. The number of sulfonamides is 1. The third-order valence-electron chi connectivity index (χ3n) is 5.59. The first-order chi connectivity index (χ1) is 12.4. The number of hydrogen-bond acceptors (Lipinski definition) is 4. The highest BCUT2D eigenvalue weighted by Gasteiger charge is 2.31. The molecule has 1 amide bonds. The summed E-state index contributed by atoms with van der Waals surface area (Å²) in [6.45, 7) is 4.59. The summed E-state index contributed by atoms with van der Waals surface area (Å²) in [6.07, 6.45) is 3.16. The number of amides is 1. The second-order valence-electron chi connectivity index (χ2n) is 7.50. The van der Waals surface area contributed by atoms with Gasteiger partial charge in [-0.15, -0.1) is 0 Å². The Morgan fingerprint density at radius 1 is 1.12 bits per heavy atom. The van der Waals surface area contributed by atoms with Crippen LogP contribution in [0.2, 0.25) is 0 Å². The molecule has 0 saturated carbocycles. The lowest BCUT2D eigenvalue weighted by Gasteiger charge is -2.25. The molecule has 144 valence electrons. The Kier molecular flexibility index (Phi) is 5.99. The van der Waals surface area contributed by atoms with Crippen molar-refractivity contribution in [3.63, 3.8) is 0 Å². The average Bonchev–Trinajstić information content (AvgIpc) is 3.04. The smallest absolute Gasteiger partial charge is 0.243 e. The van der Waals surface area contributed by atoms with Gasteiger partial charge in [0.2, 0.25) is 15.9 Å². The molecule has 0 spiro atoms. The molecule has 0 unspecified atom stereocenters. The predicted octanol–water partition coefficient (Wildman–Crippen LogP) is 1.49. The van der Waals surface area contributed by atoms with E-state index in [1.807, 2.05) is 0 Å². The topological polar surface area (TPSA) is 77.9 Å². The molecule has 2 saturated heterocycles. The summed E-state index contributed by atoms with van der Waals surface area (Å²) in [4.78, 5) is 14.6. The number of benzene rings is 1. The van der Waals surface area contributed by atoms with Gasteiger partial charge < -0.3 is 10.0 Å². The summed E-state index contributed by atoms with van der Waals surface area (Å²) >= 11 is 0. The minimum Gasteiger partial charge on any atom is -0.396 e. The number of rotatable bonds is 5. The molecule has 2 aliphatic rings. The number of likely N-dealkylation sites (tertiary alicyclic amines) is 1. The van der Waals surface area contributed by atoms with Gasteiger partial charge in [0.05, 0.1) is 11.3 Å². The van der Waals surface area contributed by atoms with Gasteiger partial charge in [0.15, 0.2) is 0 Å². The van der Waals surface area contributed by atoms with Gasteiger partial charge in [0, 0.05) is 38.7 Å². The first-order valence-electron chi connectivity index (χ1n) is 9.39. The van der Waals surface area contributed by atoms with Gasteiger partial charge in [-0.3, -0.25) is 4.79 Å². The molecule has 0 radical (unpaired) electrons. The van der Waals surface area contributed by atoms with Crippen molar-refractivity contribution >= 4 is 15.9 Å². The van der Waals surface area contributed by atoms with Crippen LogP contribution in [0.5, 0.6) is 0 Å². The summed E-state index contributed by atoms with van der Waals surface area (Å²) in [5.41, 5.74) is 0.813. The Labute approximate surface area is 155 Å². The number of carbonyl (C=O) groups excluding carboxylic acids is 1. The van der Waals surface area contributed by atoms with Crippen LogP contribution in [-0.4, -0.2) is 61.4 Å². The van der Waals surface area contributed by atoms with Gasteiger partial charge in [-0.25, -0.2) is 8.42 Å². The van der Waals surface area contributed by atoms with E-state index in [9.17, 15) is 18.3 Å². The van der Waals surface area contributed by atoms with Crippen molar-refractivity contribution < 1.29 is 18.3 Å². The zero-order chi connectivity index (χ0) is 18.7. The fourth-order valence-electron chi connectivity index (χ4n) is 3.80. The van der Waals surface area contributed by atoms with Crippen LogP contribution in [0.25, 0.3) is 0 Å². The first kappa shape index (κ1) is 19.3. The standard InChI is InChI=1S/C19H28N2O4S/c1-15-12-20(13-17(15)14-22)19(23)11-16-5-7-18(8-6-16)26(24,25)21-9-3-2-4-10-21/h5-8,15,17,22H,2-4,9-14H2,1H3/t15-,17+/m1/s1. The molecular weight excluding hydrogens is 352 g/mol. The van der Waals surface area contributed by atoms with E-state index in [4.69, 9.17) is 0 Å². The van der Waals surface area contributed by atoms with E-state index >= 15 is 0 Å². The molecule has 0 aromatic heterocycles. The molecule has 2 heterocycles. The second kappa shape index (κ2) is 8.06.